The molecule has 1 aromatic carbocycles. The van der Waals surface area contributed by atoms with Gasteiger partial charge in [0, 0.05) is 16.6 Å². The first kappa shape index (κ1) is 14.0. The fourth-order valence-electron chi connectivity index (χ4n) is 1.08. The average molecular weight is 287 g/mol. The van der Waals surface area contributed by atoms with Gasteiger partial charge in [0.05, 0.1) is 0 Å². The Bertz CT molecular complexity index is 433. The zero-order valence-corrected chi connectivity index (χ0v) is 9.54. The Hall–Kier alpha value is -1.11. The number of alkyl halides is 3. The summed E-state index contributed by atoms with van der Waals surface area (Å²) in [5.41, 5.74) is -4.14. The molecule has 0 heterocycles. The second-order valence-electron chi connectivity index (χ2n) is 3.01. The molecule has 8 heteroatoms. The van der Waals surface area contributed by atoms with Crippen LogP contribution in [0.1, 0.15) is 11.7 Å². The zero-order chi connectivity index (χ0) is 13.2. The van der Waals surface area contributed by atoms with Crippen LogP contribution in [0.2, 0.25) is 5.02 Å². The number of aliphatic hydroxyl groups is 1. The fourth-order valence-corrected chi connectivity index (χ4v) is 1.40. The van der Waals surface area contributed by atoms with E-state index in [1.165, 1.54) is 0 Å². The van der Waals surface area contributed by atoms with Crippen molar-refractivity contribution in [2.75, 3.05) is 0 Å². The lowest BCUT2D eigenvalue weighted by Gasteiger charge is -2.13. The van der Waals surface area contributed by atoms with E-state index >= 15 is 0 Å². The standard InChI is InChI=1S/C9H6Cl2F2O4/c10-5-1-4(7(14)8(15)16)2-6(3-5)17-9(11,12)13/h1-3,7,14H,(H,15,16)/t7-/m0/s1. The minimum Gasteiger partial charge on any atom is -0.479 e. The summed E-state index contributed by atoms with van der Waals surface area (Å²) in [6.45, 7) is 0. The van der Waals surface area contributed by atoms with E-state index in [4.69, 9.17) is 16.7 Å². The highest BCUT2D eigenvalue weighted by Crippen LogP contribution is 2.30. The van der Waals surface area contributed by atoms with Gasteiger partial charge >= 0.3 is 11.5 Å². The van der Waals surface area contributed by atoms with Crippen molar-refractivity contribution in [2.45, 2.75) is 11.7 Å². The first-order chi connectivity index (χ1) is 7.69. The van der Waals surface area contributed by atoms with Crippen molar-refractivity contribution >= 4 is 29.2 Å². The van der Waals surface area contributed by atoms with E-state index in [1.54, 1.807) is 0 Å². The lowest BCUT2D eigenvalue weighted by molar-refractivity contribution is -0.146. The van der Waals surface area contributed by atoms with Gasteiger partial charge in [-0.15, -0.1) is 8.78 Å². The van der Waals surface area contributed by atoms with Gasteiger partial charge in [0.2, 0.25) is 0 Å². The number of halogens is 4. The lowest BCUT2D eigenvalue weighted by Crippen LogP contribution is -2.16. The summed E-state index contributed by atoms with van der Waals surface area (Å²) in [4.78, 5) is 10.5. The Balaban J connectivity index is 3.06. The molecule has 0 fully saturated rings. The Labute approximate surface area is 104 Å². The second kappa shape index (κ2) is 5.03. The first-order valence-corrected chi connectivity index (χ1v) is 4.92. The van der Waals surface area contributed by atoms with Crippen molar-refractivity contribution in [1.82, 2.24) is 0 Å². The molecular formula is C9H6Cl2F2O4. The topological polar surface area (TPSA) is 66.8 Å². The lowest BCUT2D eigenvalue weighted by atomic mass is 10.1. The molecule has 4 nitrogen and oxygen atoms in total. The molecule has 17 heavy (non-hydrogen) atoms. The SMILES string of the molecule is O=C(O)[C@@H](O)c1cc(Cl)cc(OC(F)(F)Cl)c1. The quantitative estimate of drug-likeness (QED) is 0.835. The van der Waals surface area contributed by atoms with Crippen molar-refractivity contribution in [2.24, 2.45) is 0 Å². The number of aliphatic carboxylic acids is 1. The summed E-state index contributed by atoms with van der Waals surface area (Å²) in [6.07, 6.45) is -1.89. The molecular weight excluding hydrogens is 281 g/mol. The van der Waals surface area contributed by atoms with Gasteiger partial charge in [0.1, 0.15) is 5.75 Å². The highest BCUT2D eigenvalue weighted by molar-refractivity contribution is 6.30. The third-order valence-corrected chi connectivity index (χ3v) is 1.97. The molecule has 1 atom stereocenters. The number of rotatable bonds is 4. The van der Waals surface area contributed by atoms with Crippen LogP contribution < -0.4 is 4.74 Å². The monoisotopic (exact) mass is 286 g/mol. The van der Waals surface area contributed by atoms with Gasteiger partial charge in [-0.2, -0.15) is 0 Å². The van der Waals surface area contributed by atoms with E-state index in [9.17, 15) is 18.7 Å². The predicted molar refractivity (Wildman–Crippen MR) is 55.5 cm³/mol. The Morgan fingerprint density at radius 2 is 2.00 bits per heavy atom. The van der Waals surface area contributed by atoms with Crippen LogP contribution in [0.4, 0.5) is 8.78 Å². The van der Waals surface area contributed by atoms with Gasteiger partial charge in [-0.25, -0.2) is 4.79 Å². The fraction of sp³-hybridized carbons (Fsp3) is 0.222. The van der Waals surface area contributed by atoms with E-state index < -0.39 is 23.4 Å². The van der Waals surface area contributed by atoms with Gasteiger partial charge in [0.15, 0.2) is 6.10 Å². The molecule has 0 unspecified atom stereocenters. The molecule has 0 aliphatic carbocycles. The van der Waals surface area contributed by atoms with Crippen LogP contribution in [-0.4, -0.2) is 21.8 Å². The molecule has 0 spiro atoms. The Morgan fingerprint density at radius 3 is 2.47 bits per heavy atom. The summed E-state index contributed by atoms with van der Waals surface area (Å²) in [6, 6.07) is 3.02. The maximum absolute atomic E-state index is 12.4. The minimum absolute atomic E-state index is 0.0706. The van der Waals surface area contributed by atoms with E-state index in [-0.39, 0.29) is 10.6 Å². The number of hydrogen-bond acceptors (Lipinski definition) is 3. The number of aliphatic hydroxyl groups excluding tert-OH is 1. The molecule has 0 radical (unpaired) electrons. The molecule has 0 aliphatic rings. The van der Waals surface area contributed by atoms with Crippen LogP contribution in [0.5, 0.6) is 5.75 Å². The average Bonchev–Trinajstić information content (AvgIpc) is 2.12. The largest absolute Gasteiger partial charge is 0.487 e. The maximum atomic E-state index is 12.4. The summed E-state index contributed by atoms with van der Waals surface area (Å²) in [5.74, 6) is -2.00. The molecule has 0 aliphatic heterocycles. The number of carbonyl (C=O) groups is 1. The highest BCUT2D eigenvalue weighted by atomic mass is 35.5. The van der Waals surface area contributed by atoms with E-state index in [0.29, 0.717) is 0 Å². The van der Waals surface area contributed by atoms with Gasteiger partial charge in [-0.1, -0.05) is 11.6 Å². The van der Waals surface area contributed by atoms with Crippen LogP contribution in [0.25, 0.3) is 0 Å². The van der Waals surface area contributed by atoms with Gasteiger partial charge in [-0.3, -0.25) is 0 Å². The summed E-state index contributed by atoms with van der Waals surface area (Å²) < 4.78 is 28.7. The van der Waals surface area contributed by atoms with Crippen molar-refractivity contribution in [1.29, 1.82) is 0 Å². The maximum Gasteiger partial charge on any atom is 0.487 e. The molecule has 0 amide bonds. The first-order valence-electron chi connectivity index (χ1n) is 4.16. The number of ether oxygens (including phenoxy) is 1. The van der Waals surface area contributed by atoms with Gasteiger partial charge in [0.25, 0.3) is 0 Å². The third kappa shape index (κ3) is 4.33. The normalized spacial score (nSPS) is 13.2. The van der Waals surface area contributed by atoms with Crippen molar-refractivity contribution in [3.8, 4) is 5.75 Å². The molecule has 0 aromatic heterocycles. The van der Waals surface area contributed by atoms with Crippen molar-refractivity contribution in [3.63, 3.8) is 0 Å². The summed E-state index contributed by atoms with van der Waals surface area (Å²) in [5, 5.41) is 17.7. The Morgan fingerprint density at radius 1 is 1.41 bits per heavy atom. The van der Waals surface area contributed by atoms with Crippen molar-refractivity contribution < 1.29 is 28.5 Å². The summed E-state index contributed by atoms with van der Waals surface area (Å²) >= 11 is 10.1. The summed E-state index contributed by atoms with van der Waals surface area (Å²) in [7, 11) is 0. The van der Waals surface area contributed by atoms with Crippen LogP contribution in [0.15, 0.2) is 18.2 Å². The molecule has 1 aromatic rings. The molecule has 0 bridgehead atoms. The highest BCUT2D eigenvalue weighted by Gasteiger charge is 2.28. The van der Waals surface area contributed by atoms with Crippen LogP contribution in [-0.2, 0) is 4.79 Å². The zero-order valence-electron chi connectivity index (χ0n) is 8.03. The Kier molecular flexibility index (Phi) is 4.13. The van der Waals surface area contributed by atoms with E-state index in [1.807, 2.05) is 0 Å². The van der Waals surface area contributed by atoms with E-state index in [0.717, 1.165) is 18.2 Å². The molecule has 2 N–H and O–H groups in total. The molecule has 94 valence electrons. The minimum atomic E-state index is -3.95. The predicted octanol–water partition coefficient (Wildman–Crippen LogP) is 2.63. The smallest absolute Gasteiger partial charge is 0.479 e. The number of carboxylic acids is 1. The molecule has 0 saturated heterocycles. The molecule has 1 rings (SSSR count). The van der Waals surface area contributed by atoms with Gasteiger partial charge in [-0.05, 0) is 23.8 Å². The number of hydrogen-bond donors (Lipinski definition) is 2. The second-order valence-corrected chi connectivity index (χ2v) is 3.89. The number of benzene rings is 1. The van der Waals surface area contributed by atoms with Crippen LogP contribution in [0, 0.1) is 0 Å². The van der Waals surface area contributed by atoms with Crippen molar-refractivity contribution in [3.05, 3.63) is 28.8 Å². The van der Waals surface area contributed by atoms with Gasteiger partial charge < -0.3 is 14.9 Å². The molecule has 0 saturated carbocycles. The van der Waals surface area contributed by atoms with E-state index in [2.05, 4.69) is 16.3 Å². The van der Waals surface area contributed by atoms with Crippen LogP contribution in [0.3, 0.4) is 0 Å². The van der Waals surface area contributed by atoms with Crippen LogP contribution >= 0.6 is 23.2 Å². The number of carboxylic acid groups (broad SMARTS) is 1. The third-order valence-electron chi connectivity index (χ3n) is 1.68.